The molecular formula is C13H18N2. The summed E-state index contributed by atoms with van der Waals surface area (Å²) in [6.45, 7) is 6.13. The van der Waals surface area contributed by atoms with Gasteiger partial charge in [-0.05, 0) is 37.5 Å². The van der Waals surface area contributed by atoms with Crippen molar-refractivity contribution < 1.29 is 0 Å². The summed E-state index contributed by atoms with van der Waals surface area (Å²) in [5.41, 5.74) is 1.81. The molecule has 0 fully saturated rings. The average Bonchev–Trinajstić information content (AvgIpc) is 2.26. The minimum Gasteiger partial charge on any atom is -0.367 e. The van der Waals surface area contributed by atoms with Crippen molar-refractivity contribution in [3.05, 3.63) is 29.8 Å². The minimum absolute atomic E-state index is 0.423. The number of anilines is 1. The van der Waals surface area contributed by atoms with Crippen molar-refractivity contribution in [3.8, 4) is 6.07 Å². The molecule has 2 heteroatoms. The molecule has 0 heterocycles. The molecule has 0 amide bonds. The van der Waals surface area contributed by atoms with Crippen LogP contribution in [0.5, 0.6) is 0 Å². The Morgan fingerprint density at radius 1 is 1.33 bits per heavy atom. The van der Waals surface area contributed by atoms with E-state index < -0.39 is 5.54 Å². The van der Waals surface area contributed by atoms with Crippen LogP contribution in [0.3, 0.4) is 0 Å². The molecule has 0 aliphatic rings. The number of nitriles is 1. The molecule has 0 unspecified atom stereocenters. The summed E-state index contributed by atoms with van der Waals surface area (Å²) in [6, 6.07) is 10.5. The van der Waals surface area contributed by atoms with Crippen molar-refractivity contribution in [3.63, 3.8) is 0 Å². The highest BCUT2D eigenvalue weighted by molar-refractivity contribution is 5.49. The first-order valence-electron chi connectivity index (χ1n) is 5.42. The van der Waals surface area contributed by atoms with Crippen LogP contribution in [0.15, 0.2) is 24.3 Å². The van der Waals surface area contributed by atoms with Crippen LogP contribution in [-0.4, -0.2) is 5.54 Å². The summed E-state index contributed by atoms with van der Waals surface area (Å²) >= 11 is 0. The van der Waals surface area contributed by atoms with Crippen LogP contribution in [0.4, 0.5) is 5.69 Å². The van der Waals surface area contributed by atoms with Gasteiger partial charge in [0, 0.05) is 5.69 Å². The summed E-state index contributed by atoms with van der Waals surface area (Å²) in [4.78, 5) is 0. The molecule has 0 radical (unpaired) electrons. The van der Waals surface area contributed by atoms with E-state index in [0.29, 0.717) is 0 Å². The highest BCUT2D eigenvalue weighted by Crippen LogP contribution is 2.21. The molecule has 0 spiro atoms. The number of nitrogens with one attached hydrogen (secondary N) is 1. The lowest BCUT2D eigenvalue weighted by Gasteiger charge is -2.26. The lowest BCUT2D eigenvalue weighted by Crippen LogP contribution is -2.34. The highest BCUT2D eigenvalue weighted by Gasteiger charge is 2.24. The van der Waals surface area contributed by atoms with Crippen LogP contribution in [0.25, 0.3) is 0 Å². The largest absolute Gasteiger partial charge is 0.367 e. The molecule has 1 aromatic carbocycles. The van der Waals surface area contributed by atoms with E-state index in [0.717, 1.165) is 18.5 Å². The third-order valence-electron chi connectivity index (χ3n) is 2.82. The van der Waals surface area contributed by atoms with Crippen molar-refractivity contribution in [2.75, 3.05) is 5.32 Å². The first-order chi connectivity index (χ1) is 7.15. The highest BCUT2D eigenvalue weighted by atomic mass is 15.0. The van der Waals surface area contributed by atoms with Crippen LogP contribution >= 0.6 is 0 Å². The Kier molecular flexibility index (Phi) is 3.74. The monoisotopic (exact) mass is 202 g/mol. The molecule has 0 aliphatic heterocycles. The zero-order chi connectivity index (χ0) is 11.3. The fraction of sp³-hybridized carbons (Fsp3) is 0.462. The summed E-state index contributed by atoms with van der Waals surface area (Å²) in [5, 5.41) is 12.5. The second kappa shape index (κ2) is 4.84. The van der Waals surface area contributed by atoms with Gasteiger partial charge < -0.3 is 5.32 Å². The maximum absolute atomic E-state index is 9.19. The maximum Gasteiger partial charge on any atom is 0.124 e. The molecule has 0 saturated carbocycles. The number of benzene rings is 1. The Balaban J connectivity index is 2.89. The van der Waals surface area contributed by atoms with Gasteiger partial charge >= 0.3 is 0 Å². The van der Waals surface area contributed by atoms with Gasteiger partial charge in [-0.15, -0.1) is 0 Å². The van der Waals surface area contributed by atoms with Gasteiger partial charge in [-0.2, -0.15) is 5.26 Å². The molecule has 15 heavy (non-hydrogen) atoms. The maximum atomic E-state index is 9.19. The SMILES string of the molecule is CCC(C#N)(CC)Nc1cccc(C)c1. The van der Waals surface area contributed by atoms with E-state index in [9.17, 15) is 5.26 Å². The smallest absolute Gasteiger partial charge is 0.124 e. The third-order valence-corrected chi connectivity index (χ3v) is 2.82. The molecule has 1 aromatic rings. The summed E-state index contributed by atoms with van der Waals surface area (Å²) in [6.07, 6.45) is 1.63. The van der Waals surface area contributed by atoms with Crippen LogP contribution in [0, 0.1) is 18.3 Å². The van der Waals surface area contributed by atoms with E-state index in [4.69, 9.17) is 0 Å². The predicted octanol–water partition coefficient (Wildman–Crippen LogP) is 3.49. The quantitative estimate of drug-likeness (QED) is 0.811. The van der Waals surface area contributed by atoms with Crippen LogP contribution in [0.1, 0.15) is 32.3 Å². The summed E-state index contributed by atoms with van der Waals surface area (Å²) < 4.78 is 0. The Morgan fingerprint density at radius 2 is 2.00 bits per heavy atom. The zero-order valence-corrected chi connectivity index (χ0v) is 9.67. The van der Waals surface area contributed by atoms with Gasteiger partial charge in [0.2, 0.25) is 0 Å². The van der Waals surface area contributed by atoms with Gasteiger partial charge in [-0.3, -0.25) is 0 Å². The number of aryl methyl sites for hydroxylation is 1. The molecule has 0 saturated heterocycles. The van der Waals surface area contributed by atoms with Crippen molar-refractivity contribution >= 4 is 5.69 Å². The van der Waals surface area contributed by atoms with E-state index in [2.05, 4.69) is 30.4 Å². The lowest BCUT2D eigenvalue weighted by molar-refractivity contribution is 0.548. The molecule has 0 aromatic heterocycles. The number of hydrogen-bond acceptors (Lipinski definition) is 2. The van der Waals surface area contributed by atoms with Gasteiger partial charge in [-0.25, -0.2) is 0 Å². The molecule has 0 aliphatic carbocycles. The standard InChI is InChI=1S/C13H18N2/c1-4-13(5-2,10-14)15-12-8-6-7-11(3)9-12/h6-9,15H,4-5H2,1-3H3. The van der Waals surface area contributed by atoms with E-state index in [1.807, 2.05) is 26.0 Å². The van der Waals surface area contributed by atoms with Gasteiger partial charge in [0.1, 0.15) is 5.54 Å². The van der Waals surface area contributed by atoms with Gasteiger partial charge in [0.05, 0.1) is 6.07 Å². The topological polar surface area (TPSA) is 35.8 Å². The number of hydrogen-bond donors (Lipinski definition) is 1. The number of rotatable bonds is 4. The minimum atomic E-state index is -0.423. The van der Waals surface area contributed by atoms with E-state index >= 15 is 0 Å². The zero-order valence-electron chi connectivity index (χ0n) is 9.67. The van der Waals surface area contributed by atoms with Gasteiger partial charge in [0.25, 0.3) is 0 Å². The van der Waals surface area contributed by atoms with Crippen molar-refractivity contribution in [1.82, 2.24) is 0 Å². The van der Waals surface area contributed by atoms with E-state index in [1.165, 1.54) is 5.56 Å². The molecule has 80 valence electrons. The van der Waals surface area contributed by atoms with E-state index in [-0.39, 0.29) is 0 Å². The van der Waals surface area contributed by atoms with Crippen LogP contribution < -0.4 is 5.32 Å². The van der Waals surface area contributed by atoms with E-state index in [1.54, 1.807) is 0 Å². The van der Waals surface area contributed by atoms with Crippen molar-refractivity contribution in [1.29, 1.82) is 5.26 Å². The molecule has 1 N–H and O–H groups in total. The van der Waals surface area contributed by atoms with Crippen LogP contribution in [-0.2, 0) is 0 Å². The number of nitrogens with zero attached hydrogens (tertiary/aromatic N) is 1. The molecule has 2 nitrogen and oxygen atoms in total. The van der Waals surface area contributed by atoms with Crippen molar-refractivity contribution in [2.45, 2.75) is 39.2 Å². The summed E-state index contributed by atoms with van der Waals surface area (Å²) in [5.74, 6) is 0. The van der Waals surface area contributed by atoms with Gasteiger partial charge in [-0.1, -0.05) is 26.0 Å². The Labute approximate surface area is 91.9 Å². The first kappa shape index (κ1) is 11.6. The molecule has 1 rings (SSSR count). The second-order valence-corrected chi connectivity index (χ2v) is 3.90. The Morgan fingerprint density at radius 3 is 2.47 bits per heavy atom. The third kappa shape index (κ3) is 2.73. The first-order valence-corrected chi connectivity index (χ1v) is 5.42. The summed E-state index contributed by atoms with van der Waals surface area (Å²) in [7, 11) is 0. The van der Waals surface area contributed by atoms with Crippen LogP contribution in [0.2, 0.25) is 0 Å². The molecule has 0 atom stereocenters. The van der Waals surface area contributed by atoms with Crippen molar-refractivity contribution in [2.24, 2.45) is 0 Å². The fourth-order valence-electron chi connectivity index (χ4n) is 1.61. The predicted molar refractivity (Wildman–Crippen MR) is 63.7 cm³/mol. The van der Waals surface area contributed by atoms with Gasteiger partial charge in [0.15, 0.2) is 0 Å². The Hall–Kier alpha value is -1.49. The fourth-order valence-corrected chi connectivity index (χ4v) is 1.61. The molecular weight excluding hydrogens is 184 g/mol. The normalized spacial score (nSPS) is 10.8. The average molecular weight is 202 g/mol. The Bertz CT molecular complexity index is 359. The molecule has 0 bridgehead atoms. The lowest BCUT2D eigenvalue weighted by atomic mass is 9.94. The second-order valence-electron chi connectivity index (χ2n) is 3.90.